The van der Waals surface area contributed by atoms with Gasteiger partial charge in [-0.1, -0.05) is 17.7 Å². The zero-order valence-electron chi connectivity index (χ0n) is 12.9. The Morgan fingerprint density at radius 1 is 1.28 bits per heavy atom. The monoisotopic (exact) mass is 361 g/mol. The lowest BCUT2D eigenvalue weighted by Gasteiger charge is -2.08. The van der Waals surface area contributed by atoms with Crippen molar-refractivity contribution in [2.45, 2.75) is 6.61 Å². The van der Waals surface area contributed by atoms with E-state index in [9.17, 15) is 14.0 Å². The third kappa shape index (κ3) is 4.33. The molecule has 0 amide bonds. The quantitative estimate of drug-likeness (QED) is 0.707. The first-order valence-corrected chi connectivity index (χ1v) is 7.72. The molecule has 25 heavy (non-hydrogen) atoms. The molecule has 0 radical (unpaired) electrons. The van der Waals surface area contributed by atoms with Crippen molar-refractivity contribution in [3.8, 4) is 0 Å². The van der Waals surface area contributed by atoms with Crippen molar-refractivity contribution in [3.05, 3.63) is 75.5 Å². The minimum Gasteiger partial charge on any atom is -0.458 e. The van der Waals surface area contributed by atoms with Gasteiger partial charge in [0.15, 0.2) is 0 Å². The average molecular weight is 362 g/mol. The van der Waals surface area contributed by atoms with Crippen LogP contribution in [-0.4, -0.2) is 21.9 Å². The number of carbonyl (C=O) groups is 1. The molecule has 0 aliphatic rings. The lowest BCUT2D eigenvalue weighted by atomic mass is 10.3. The molecular weight excluding hydrogens is 349 g/mol. The summed E-state index contributed by atoms with van der Waals surface area (Å²) >= 11 is 5.84. The van der Waals surface area contributed by atoms with Gasteiger partial charge in [0.05, 0.1) is 10.7 Å². The van der Waals surface area contributed by atoms with Crippen LogP contribution in [-0.2, 0) is 16.1 Å². The van der Waals surface area contributed by atoms with Crippen molar-refractivity contribution >= 4 is 28.9 Å². The Morgan fingerprint density at radius 3 is 2.92 bits per heavy atom. The molecule has 8 heteroatoms. The summed E-state index contributed by atoms with van der Waals surface area (Å²) in [5.41, 5.74) is 0.875. The van der Waals surface area contributed by atoms with E-state index in [1.165, 1.54) is 34.9 Å². The molecule has 0 fully saturated rings. The van der Waals surface area contributed by atoms with Gasteiger partial charge < -0.3 is 10.1 Å². The second-order valence-electron chi connectivity index (χ2n) is 5.19. The van der Waals surface area contributed by atoms with Crippen molar-refractivity contribution in [2.24, 2.45) is 0 Å². The number of fused-ring (bicyclic) bond motifs is 1. The van der Waals surface area contributed by atoms with Crippen LogP contribution in [0.1, 0.15) is 5.69 Å². The summed E-state index contributed by atoms with van der Waals surface area (Å²) in [7, 11) is 0. The van der Waals surface area contributed by atoms with Crippen LogP contribution in [0.2, 0.25) is 5.02 Å². The van der Waals surface area contributed by atoms with Crippen LogP contribution in [0.3, 0.4) is 0 Å². The fourth-order valence-corrected chi connectivity index (χ4v) is 2.34. The predicted molar refractivity (Wildman–Crippen MR) is 91.2 cm³/mol. The number of hydrogen-bond acceptors (Lipinski definition) is 5. The van der Waals surface area contributed by atoms with Gasteiger partial charge in [-0.05, 0) is 30.3 Å². The number of rotatable bonds is 5. The second kappa shape index (κ2) is 7.31. The van der Waals surface area contributed by atoms with E-state index in [2.05, 4.69) is 10.3 Å². The fraction of sp³-hybridized carbons (Fsp3) is 0.118. The Labute approximate surface area is 146 Å². The van der Waals surface area contributed by atoms with Crippen molar-refractivity contribution in [1.82, 2.24) is 9.38 Å². The van der Waals surface area contributed by atoms with Crippen LogP contribution in [0, 0.1) is 5.82 Å². The summed E-state index contributed by atoms with van der Waals surface area (Å²) < 4.78 is 19.4. The van der Waals surface area contributed by atoms with Crippen LogP contribution < -0.4 is 10.9 Å². The number of pyridine rings is 1. The standard InChI is InChI=1S/C17H13ClFN3O3/c18-11-4-5-15-21-14(7-16(23)22(15)9-11)10-25-17(24)8-20-13-3-1-2-12(19)6-13/h1-7,9,20H,8,10H2. The number of anilines is 1. The number of esters is 1. The predicted octanol–water partition coefficient (Wildman–Crippen LogP) is 2.64. The van der Waals surface area contributed by atoms with Gasteiger partial charge in [0.1, 0.15) is 24.6 Å². The van der Waals surface area contributed by atoms with E-state index in [1.807, 2.05) is 0 Å². The number of carbonyl (C=O) groups excluding carboxylic acids is 1. The fourth-order valence-electron chi connectivity index (χ4n) is 2.18. The Kier molecular flexibility index (Phi) is 4.95. The molecule has 2 aromatic heterocycles. The molecule has 0 atom stereocenters. The molecule has 6 nitrogen and oxygen atoms in total. The van der Waals surface area contributed by atoms with E-state index in [1.54, 1.807) is 18.2 Å². The molecule has 1 aromatic carbocycles. The van der Waals surface area contributed by atoms with E-state index < -0.39 is 11.8 Å². The van der Waals surface area contributed by atoms with Crippen molar-refractivity contribution in [3.63, 3.8) is 0 Å². The molecule has 128 valence electrons. The summed E-state index contributed by atoms with van der Waals surface area (Å²) in [6, 6.07) is 10.2. The zero-order chi connectivity index (χ0) is 17.8. The van der Waals surface area contributed by atoms with E-state index in [4.69, 9.17) is 16.3 Å². The molecule has 0 aliphatic carbocycles. The lowest BCUT2D eigenvalue weighted by Crippen LogP contribution is -2.19. The first-order chi connectivity index (χ1) is 12.0. The molecule has 1 N–H and O–H groups in total. The maximum absolute atomic E-state index is 13.0. The molecule has 0 bridgehead atoms. The van der Waals surface area contributed by atoms with Crippen molar-refractivity contribution in [2.75, 3.05) is 11.9 Å². The van der Waals surface area contributed by atoms with Gasteiger partial charge in [0.2, 0.25) is 0 Å². The van der Waals surface area contributed by atoms with Crippen LogP contribution in [0.4, 0.5) is 10.1 Å². The molecule has 3 aromatic rings. The number of nitrogens with one attached hydrogen (secondary N) is 1. The minimum atomic E-state index is -0.553. The molecule has 0 saturated heterocycles. The van der Waals surface area contributed by atoms with Gasteiger partial charge in [-0.25, -0.2) is 9.37 Å². The highest BCUT2D eigenvalue weighted by molar-refractivity contribution is 6.30. The SMILES string of the molecule is O=C(CNc1cccc(F)c1)OCc1cc(=O)n2cc(Cl)ccc2n1. The van der Waals surface area contributed by atoms with Crippen LogP contribution in [0.25, 0.3) is 5.65 Å². The topological polar surface area (TPSA) is 72.7 Å². The summed E-state index contributed by atoms with van der Waals surface area (Å²) in [6.07, 6.45) is 1.46. The minimum absolute atomic E-state index is 0.133. The second-order valence-corrected chi connectivity index (χ2v) is 5.62. The van der Waals surface area contributed by atoms with Gasteiger partial charge in [0, 0.05) is 18.0 Å². The number of aromatic nitrogens is 2. The van der Waals surface area contributed by atoms with E-state index >= 15 is 0 Å². The van der Waals surface area contributed by atoms with Crippen LogP contribution >= 0.6 is 11.6 Å². The summed E-state index contributed by atoms with van der Waals surface area (Å²) in [6.45, 7) is -0.274. The van der Waals surface area contributed by atoms with Gasteiger partial charge in [0.25, 0.3) is 5.56 Å². The molecule has 0 unspecified atom stereocenters. The number of halogens is 2. The van der Waals surface area contributed by atoms with E-state index in [0.717, 1.165) is 0 Å². The Morgan fingerprint density at radius 2 is 2.12 bits per heavy atom. The molecule has 2 heterocycles. The maximum atomic E-state index is 13.0. The van der Waals surface area contributed by atoms with Crippen molar-refractivity contribution in [1.29, 1.82) is 0 Å². The van der Waals surface area contributed by atoms with Crippen molar-refractivity contribution < 1.29 is 13.9 Å². The molecule has 0 saturated carbocycles. The van der Waals surface area contributed by atoms with Gasteiger partial charge in [-0.3, -0.25) is 14.0 Å². The molecular formula is C17H13ClFN3O3. The first kappa shape index (κ1) is 16.9. The zero-order valence-corrected chi connectivity index (χ0v) is 13.7. The Hall–Kier alpha value is -2.93. The summed E-state index contributed by atoms with van der Waals surface area (Å²) in [5.74, 6) is -0.957. The maximum Gasteiger partial charge on any atom is 0.325 e. The number of benzene rings is 1. The lowest BCUT2D eigenvalue weighted by molar-refractivity contribution is -0.142. The van der Waals surface area contributed by atoms with Gasteiger partial charge in [-0.15, -0.1) is 0 Å². The molecule has 0 spiro atoms. The first-order valence-electron chi connectivity index (χ1n) is 7.34. The Bertz CT molecular complexity index is 990. The highest BCUT2D eigenvalue weighted by Gasteiger charge is 2.07. The third-order valence-corrected chi connectivity index (χ3v) is 3.54. The smallest absolute Gasteiger partial charge is 0.325 e. The van der Waals surface area contributed by atoms with Crippen LogP contribution in [0.5, 0.6) is 0 Å². The van der Waals surface area contributed by atoms with E-state index in [0.29, 0.717) is 22.1 Å². The highest BCUT2D eigenvalue weighted by atomic mass is 35.5. The molecule has 3 rings (SSSR count). The van der Waals surface area contributed by atoms with E-state index in [-0.39, 0.29) is 18.7 Å². The summed E-state index contributed by atoms with van der Waals surface area (Å²) in [4.78, 5) is 28.0. The third-order valence-electron chi connectivity index (χ3n) is 3.32. The largest absolute Gasteiger partial charge is 0.458 e. The van der Waals surface area contributed by atoms with Gasteiger partial charge >= 0.3 is 5.97 Å². The molecule has 0 aliphatic heterocycles. The average Bonchev–Trinajstić information content (AvgIpc) is 2.59. The number of hydrogen-bond donors (Lipinski definition) is 1. The Balaban J connectivity index is 1.61. The number of nitrogens with zero attached hydrogens (tertiary/aromatic N) is 2. The highest BCUT2D eigenvalue weighted by Crippen LogP contribution is 2.10. The van der Waals surface area contributed by atoms with Gasteiger partial charge in [-0.2, -0.15) is 0 Å². The number of ether oxygens (including phenoxy) is 1. The normalized spacial score (nSPS) is 10.6. The van der Waals surface area contributed by atoms with Crippen LogP contribution in [0.15, 0.2) is 53.5 Å². The summed E-state index contributed by atoms with van der Waals surface area (Å²) in [5, 5.41) is 3.17.